The lowest BCUT2D eigenvalue weighted by molar-refractivity contribution is -0.137. The van der Waals surface area contributed by atoms with Gasteiger partial charge in [-0.2, -0.15) is 13.2 Å². The first kappa shape index (κ1) is 18.2. The van der Waals surface area contributed by atoms with Crippen LogP contribution in [0.1, 0.15) is 15.9 Å². The summed E-state index contributed by atoms with van der Waals surface area (Å²) in [6.07, 6.45) is -4.58. The molecule has 0 radical (unpaired) electrons. The molecule has 2 aromatic carbocycles. The number of nitrogens with one attached hydrogen (secondary N) is 2. The Morgan fingerprint density at radius 2 is 1.68 bits per heavy atom. The lowest BCUT2D eigenvalue weighted by Gasteiger charge is -2.10. The van der Waals surface area contributed by atoms with Gasteiger partial charge < -0.3 is 4.74 Å². The minimum absolute atomic E-state index is 0.237. The maximum Gasteiger partial charge on any atom is 0.416 e. The molecule has 0 aliphatic carbocycles. The molecule has 0 aliphatic heterocycles. The van der Waals surface area contributed by atoms with Crippen LogP contribution in [-0.2, 0) is 11.0 Å². The Balaban J connectivity index is 1.85. The molecule has 2 aromatic rings. The molecule has 25 heavy (non-hydrogen) atoms. The second kappa shape index (κ2) is 7.65. The Labute approximate surface area is 139 Å². The summed E-state index contributed by atoms with van der Waals surface area (Å²) in [6.45, 7) is -0.478. The summed E-state index contributed by atoms with van der Waals surface area (Å²) < 4.78 is 55.5. The topological polar surface area (TPSA) is 67.4 Å². The lowest BCUT2D eigenvalue weighted by Crippen LogP contribution is -2.43. The van der Waals surface area contributed by atoms with E-state index in [2.05, 4.69) is 0 Å². The predicted octanol–water partition coefficient (Wildman–Crippen LogP) is 2.68. The molecule has 0 aliphatic rings. The first-order valence-electron chi connectivity index (χ1n) is 6.90. The number of alkyl halides is 3. The largest absolute Gasteiger partial charge is 0.484 e. The van der Waals surface area contributed by atoms with Gasteiger partial charge >= 0.3 is 6.18 Å². The smallest absolute Gasteiger partial charge is 0.416 e. The van der Waals surface area contributed by atoms with Crippen molar-refractivity contribution in [3.05, 3.63) is 65.5 Å². The van der Waals surface area contributed by atoms with Crippen molar-refractivity contribution in [2.75, 3.05) is 6.61 Å². The molecule has 0 atom stereocenters. The maximum atomic E-state index is 12.7. The molecule has 0 heterocycles. The van der Waals surface area contributed by atoms with Gasteiger partial charge in [0, 0.05) is 5.56 Å². The highest BCUT2D eigenvalue weighted by atomic mass is 19.4. The van der Waals surface area contributed by atoms with Gasteiger partial charge in [-0.25, -0.2) is 4.39 Å². The van der Waals surface area contributed by atoms with Crippen LogP contribution in [0.4, 0.5) is 17.6 Å². The Bertz CT molecular complexity index is 761. The van der Waals surface area contributed by atoms with Crippen LogP contribution in [-0.4, -0.2) is 18.4 Å². The Hall–Kier alpha value is -3.10. The molecule has 9 heteroatoms. The number of amides is 2. The molecule has 0 aromatic heterocycles. The molecular weight excluding hydrogens is 344 g/mol. The summed E-state index contributed by atoms with van der Waals surface area (Å²) in [5.74, 6) is -1.89. The van der Waals surface area contributed by atoms with Crippen LogP contribution in [0.5, 0.6) is 5.75 Å². The van der Waals surface area contributed by atoms with E-state index < -0.39 is 36.0 Å². The van der Waals surface area contributed by atoms with E-state index in [9.17, 15) is 27.2 Å². The van der Waals surface area contributed by atoms with E-state index in [4.69, 9.17) is 4.74 Å². The fourth-order valence-corrected chi connectivity index (χ4v) is 1.75. The van der Waals surface area contributed by atoms with Crippen molar-refractivity contribution in [3.8, 4) is 5.75 Å². The number of rotatable bonds is 4. The standard InChI is InChI=1S/C16H12F4N2O3/c17-12-4-6-13(7-5-12)25-9-14(23)21-22-15(24)10-2-1-3-11(8-10)16(18,19)20/h1-8H,9H2,(H,21,23)(H,22,24). The molecule has 132 valence electrons. The van der Waals surface area contributed by atoms with Crippen LogP contribution >= 0.6 is 0 Å². The van der Waals surface area contributed by atoms with E-state index in [1.807, 2.05) is 10.9 Å². The van der Waals surface area contributed by atoms with Gasteiger partial charge in [-0.15, -0.1) is 0 Å². The number of halogens is 4. The second-order valence-corrected chi connectivity index (χ2v) is 4.82. The summed E-state index contributed by atoms with van der Waals surface area (Å²) in [6, 6.07) is 8.64. The van der Waals surface area contributed by atoms with Crippen LogP contribution < -0.4 is 15.6 Å². The van der Waals surface area contributed by atoms with Gasteiger partial charge in [-0.05, 0) is 42.5 Å². The highest BCUT2D eigenvalue weighted by Gasteiger charge is 2.30. The molecule has 5 nitrogen and oxygen atoms in total. The normalized spacial score (nSPS) is 10.9. The molecular formula is C16H12F4N2O3. The number of benzene rings is 2. The first-order chi connectivity index (χ1) is 11.8. The molecule has 2 amide bonds. The van der Waals surface area contributed by atoms with E-state index in [1.165, 1.54) is 18.2 Å². The minimum Gasteiger partial charge on any atom is -0.484 e. The van der Waals surface area contributed by atoms with Crippen LogP contribution in [0.2, 0.25) is 0 Å². The molecule has 0 unspecified atom stereocenters. The predicted molar refractivity (Wildman–Crippen MR) is 78.9 cm³/mol. The van der Waals surface area contributed by atoms with E-state index in [1.54, 1.807) is 0 Å². The van der Waals surface area contributed by atoms with Crippen molar-refractivity contribution in [3.63, 3.8) is 0 Å². The van der Waals surface area contributed by atoms with Crippen molar-refractivity contribution in [1.82, 2.24) is 10.9 Å². The van der Waals surface area contributed by atoms with Crippen molar-refractivity contribution >= 4 is 11.8 Å². The average Bonchev–Trinajstić information content (AvgIpc) is 2.58. The van der Waals surface area contributed by atoms with Gasteiger partial charge in [-0.3, -0.25) is 20.4 Å². The number of carbonyl (C=O) groups is 2. The minimum atomic E-state index is -4.58. The number of ether oxygens (including phenoxy) is 1. The summed E-state index contributed by atoms with van der Waals surface area (Å²) in [7, 11) is 0. The third-order valence-corrected chi connectivity index (χ3v) is 2.95. The second-order valence-electron chi connectivity index (χ2n) is 4.82. The first-order valence-corrected chi connectivity index (χ1v) is 6.90. The zero-order valence-electron chi connectivity index (χ0n) is 12.6. The summed E-state index contributed by atoms with van der Waals surface area (Å²) in [5, 5.41) is 0. The van der Waals surface area contributed by atoms with E-state index in [0.29, 0.717) is 6.07 Å². The Morgan fingerprint density at radius 3 is 2.32 bits per heavy atom. The van der Waals surface area contributed by atoms with Crippen molar-refractivity contribution in [2.45, 2.75) is 6.18 Å². The fourth-order valence-electron chi connectivity index (χ4n) is 1.75. The van der Waals surface area contributed by atoms with Gasteiger partial charge in [0.05, 0.1) is 5.56 Å². The molecule has 0 bridgehead atoms. The highest BCUT2D eigenvalue weighted by Crippen LogP contribution is 2.29. The Kier molecular flexibility index (Phi) is 5.58. The van der Waals surface area contributed by atoms with E-state index in [-0.39, 0.29) is 11.3 Å². The number of hydrazine groups is 1. The highest BCUT2D eigenvalue weighted by molar-refractivity contribution is 5.95. The van der Waals surface area contributed by atoms with Crippen LogP contribution in [0.25, 0.3) is 0 Å². The molecule has 0 spiro atoms. The molecule has 2 N–H and O–H groups in total. The summed E-state index contributed by atoms with van der Waals surface area (Å²) >= 11 is 0. The SMILES string of the molecule is O=C(COc1ccc(F)cc1)NNC(=O)c1cccc(C(F)(F)F)c1. The van der Waals surface area contributed by atoms with Crippen molar-refractivity contribution in [2.24, 2.45) is 0 Å². The van der Waals surface area contributed by atoms with Gasteiger partial charge in [-0.1, -0.05) is 6.07 Å². The van der Waals surface area contributed by atoms with E-state index in [0.717, 1.165) is 24.3 Å². The third kappa shape index (κ3) is 5.48. The molecule has 2 rings (SSSR count). The monoisotopic (exact) mass is 356 g/mol. The summed E-state index contributed by atoms with van der Waals surface area (Å²) in [5.41, 5.74) is 2.73. The molecule has 0 saturated carbocycles. The van der Waals surface area contributed by atoms with Gasteiger partial charge in [0.2, 0.25) is 0 Å². The van der Waals surface area contributed by atoms with Crippen molar-refractivity contribution in [1.29, 1.82) is 0 Å². The van der Waals surface area contributed by atoms with Crippen molar-refractivity contribution < 1.29 is 31.9 Å². The quantitative estimate of drug-likeness (QED) is 0.654. The van der Waals surface area contributed by atoms with Gasteiger partial charge in [0.1, 0.15) is 11.6 Å². The van der Waals surface area contributed by atoms with Crippen LogP contribution in [0.3, 0.4) is 0 Å². The maximum absolute atomic E-state index is 12.7. The number of hydrogen-bond donors (Lipinski definition) is 2. The average molecular weight is 356 g/mol. The lowest BCUT2D eigenvalue weighted by atomic mass is 10.1. The summed E-state index contributed by atoms with van der Waals surface area (Å²) in [4.78, 5) is 23.3. The van der Waals surface area contributed by atoms with Gasteiger partial charge in [0.15, 0.2) is 6.61 Å². The third-order valence-electron chi connectivity index (χ3n) is 2.95. The van der Waals surface area contributed by atoms with Crippen LogP contribution in [0.15, 0.2) is 48.5 Å². The molecule has 0 saturated heterocycles. The van der Waals surface area contributed by atoms with Crippen LogP contribution in [0, 0.1) is 5.82 Å². The van der Waals surface area contributed by atoms with E-state index >= 15 is 0 Å². The Morgan fingerprint density at radius 1 is 1.00 bits per heavy atom. The number of hydrogen-bond acceptors (Lipinski definition) is 3. The fraction of sp³-hybridized carbons (Fsp3) is 0.125. The zero-order valence-corrected chi connectivity index (χ0v) is 12.6. The zero-order chi connectivity index (χ0) is 18.4. The van der Waals surface area contributed by atoms with Gasteiger partial charge in [0.25, 0.3) is 11.8 Å². The molecule has 0 fully saturated rings. The number of carbonyl (C=O) groups excluding carboxylic acids is 2.